The lowest BCUT2D eigenvalue weighted by atomic mass is 10.2. The minimum atomic E-state index is -3.87. The molecule has 0 fully saturated rings. The molecule has 0 unspecified atom stereocenters. The van der Waals surface area contributed by atoms with Gasteiger partial charge in [-0.25, -0.2) is 13.4 Å². The minimum absolute atomic E-state index is 0.0600. The van der Waals surface area contributed by atoms with Crippen molar-refractivity contribution in [3.8, 4) is 0 Å². The molecule has 0 radical (unpaired) electrons. The van der Waals surface area contributed by atoms with Crippen LogP contribution in [0.5, 0.6) is 0 Å². The van der Waals surface area contributed by atoms with Gasteiger partial charge in [0.25, 0.3) is 10.0 Å². The van der Waals surface area contributed by atoms with Crippen LogP contribution in [0.3, 0.4) is 0 Å². The van der Waals surface area contributed by atoms with E-state index in [0.29, 0.717) is 5.56 Å². The van der Waals surface area contributed by atoms with Crippen LogP contribution in [0.15, 0.2) is 22.4 Å². The van der Waals surface area contributed by atoms with Crippen LogP contribution >= 0.6 is 22.9 Å². The Labute approximate surface area is 131 Å². The third-order valence-electron chi connectivity index (χ3n) is 2.75. The molecule has 0 amide bonds. The topological polar surface area (TPSA) is 102 Å². The summed E-state index contributed by atoms with van der Waals surface area (Å²) in [4.78, 5) is 15.0. The van der Waals surface area contributed by atoms with Gasteiger partial charge in [-0.3, -0.25) is 9.52 Å². The highest BCUT2D eigenvalue weighted by Crippen LogP contribution is 2.27. The highest BCUT2D eigenvalue weighted by Gasteiger charge is 2.19. The molecule has 6 nitrogen and oxygen atoms in total. The number of nitrogens with two attached hydrogens (primary N) is 1. The Morgan fingerprint density at radius 2 is 2.10 bits per heavy atom. The number of ketones is 1. The van der Waals surface area contributed by atoms with Crippen LogP contribution in [0.1, 0.15) is 23.0 Å². The number of thiazole rings is 1. The number of nitrogens with one attached hydrogen (secondary N) is 1. The number of anilines is 2. The Hall–Kier alpha value is -1.64. The Bertz CT molecular complexity index is 792. The number of Topliss-reactive ketones (excluding diaryl/α,β-unsaturated/α-hetero) is 1. The van der Waals surface area contributed by atoms with Crippen LogP contribution in [0, 0.1) is 6.92 Å². The fourth-order valence-corrected chi connectivity index (χ4v) is 3.84. The van der Waals surface area contributed by atoms with Gasteiger partial charge in [0, 0.05) is 23.0 Å². The standard InChI is InChI=1S/C12H12ClN3O3S2/c1-6-9(13)3-8(4-10(6)14)21(18,19)16-12-15-11(5-20-12)7(2)17/h3-5H,14H2,1-2H3,(H,15,16). The number of hydrogen-bond donors (Lipinski definition) is 2. The second kappa shape index (κ2) is 5.63. The van der Waals surface area contributed by atoms with Crippen molar-refractivity contribution >= 4 is 49.6 Å². The molecule has 1 aromatic carbocycles. The van der Waals surface area contributed by atoms with E-state index in [1.165, 1.54) is 24.4 Å². The zero-order valence-corrected chi connectivity index (χ0v) is 13.6. The van der Waals surface area contributed by atoms with Crippen molar-refractivity contribution in [2.75, 3.05) is 10.5 Å². The molecule has 0 saturated heterocycles. The number of hydrogen-bond acceptors (Lipinski definition) is 6. The molecule has 0 spiro atoms. The number of benzene rings is 1. The summed E-state index contributed by atoms with van der Waals surface area (Å²) in [6, 6.07) is 2.64. The first kappa shape index (κ1) is 15.7. The summed E-state index contributed by atoms with van der Waals surface area (Å²) in [7, 11) is -3.87. The highest BCUT2D eigenvalue weighted by atomic mass is 35.5. The van der Waals surface area contributed by atoms with Crippen LogP contribution in [-0.2, 0) is 10.0 Å². The number of aromatic nitrogens is 1. The largest absolute Gasteiger partial charge is 0.398 e. The second-order valence-electron chi connectivity index (χ2n) is 4.32. The van der Waals surface area contributed by atoms with Gasteiger partial charge in [-0.15, -0.1) is 11.3 Å². The Balaban J connectivity index is 2.36. The molecule has 0 bridgehead atoms. The van der Waals surface area contributed by atoms with Crippen LogP contribution in [-0.4, -0.2) is 19.2 Å². The average molecular weight is 346 g/mol. The molecule has 0 aliphatic carbocycles. The van der Waals surface area contributed by atoms with Crippen molar-refractivity contribution in [3.63, 3.8) is 0 Å². The van der Waals surface area contributed by atoms with Crippen molar-refractivity contribution < 1.29 is 13.2 Å². The summed E-state index contributed by atoms with van der Waals surface area (Å²) >= 11 is 6.97. The molecule has 3 N–H and O–H groups in total. The highest BCUT2D eigenvalue weighted by molar-refractivity contribution is 7.93. The van der Waals surface area contributed by atoms with Gasteiger partial charge in [0.2, 0.25) is 0 Å². The first-order valence-electron chi connectivity index (χ1n) is 5.75. The Morgan fingerprint density at radius 1 is 1.43 bits per heavy atom. The van der Waals surface area contributed by atoms with Crippen molar-refractivity contribution in [1.82, 2.24) is 4.98 Å². The summed E-state index contributed by atoms with van der Waals surface area (Å²) in [6.45, 7) is 3.05. The van der Waals surface area contributed by atoms with Crippen LogP contribution in [0.2, 0.25) is 5.02 Å². The van der Waals surface area contributed by atoms with Gasteiger partial charge in [0.05, 0.1) is 4.90 Å². The normalized spacial score (nSPS) is 11.4. The van der Waals surface area contributed by atoms with Crippen molar-refractivity contribution in [1.29, 1.82) is 0 Å². The van der Waals surface area contributed by atoms with Gasteiger partial charge in [0.1, 0.15) is 5.69 Å². The first-order valence-corrected chi connectivity index (χ1v) is 8.49. The predicted molar refractivity (Wildman–Crippen MR) is 83.5 cm³/mol. The molecule has 1 heterocycles. The molecular weight excluding hydrogens is 334 g/mol. The molecule has 0 aliphatic heterocycles. The Kier molecular flexibility index (Phi) is 4.22. The van der Waals surface area contributed by atoms with E-state index < -0.39 is 10.0 Å². The Morgan fingerprint density at radius 3 is 2.62 bits per heavy atom. The summed E-state index contributed by atoms with van der Waals surface area (Å²) < 4.78 is 26.8. The predicted octanol–water partition coefficient (Wildman–Crippen LogP) is 2.69. The molecule has 2 rings (SSSR count). The molecule has 9 heteroatoms. The van der Waals surface area contributed by atoms with E-state index in [0.717, 1.165) is 11.3 Å². The number of nitrogen functional groups attached to an aromatic ring is 1. The lowest BCUT2D eigenvalue weighted by Crippen LogP contribution is -2.13. The number of carbonyl (C=O) groups excluding carboxylic acids is 1. The molecule has 1 aromatic heterocycles. The maximum absolute atomic E-state index is 12.3. The van der Waals surface area contributed by atoms with Crippen LogP contribution < -0.4 is 10.5 Å². The van der Waals surface area contributed by atoms with E-state index in [1.54, 1.807) is 6.92 Å². The summed E-state index contributed by atoms with van der Waals surface area (Å²) in [5.41, 5.74) is 6.83. The van der Waals surface area contributed by atoms with Crippen molar-refractivity contribution in [3.05, 3.63) is 33.8 Å². The molecule has 0 atom stereocenters. The van der Waals surface area contributed by atoms with Crippen molar-refractivity contribution in [2.24, 2.45) is 0 Å². The fourth-order valence-electron chi connectivity index (χ4n) is 1.49. The molecule has 112 valence electrons. The SMILES string of the molecule is CC(=O)c1csc(NS(=O)(=O)c2cc(N)c(C)c(Cl)c2)n1. The lowest BCUT2D eigenvalue weighted by Gasteiger charge is -2.09. The van der Waals surface area contributed by atoms with Gasteiger partial charge in [-0.1, -0.05) is 11.6 Å². The maximum Gasteiger partial charge on any atom is 0.263 e. The summed E-state index contributed by atoms with van der Waals surface area (Å²) in [5.74, 6) is -0.237. The van der Waals surface area contributed by atoms with Gasteiger partial charge in [0.15, 0.2) is 10.9 Å². The van der Waals surface area contributed by atoms with E-state index in [-0.39, 0.29) is 32.2 Å². The second-order valence-corrected chi connectivity index (χ2v) is 7.27. The fraction of sp³-hybridized carbons (Fsp3) is 0.167. The zero-order valence-electron chi connectivity index (χ0n) is 11.2. The van der Waals surface area contributed by atoms with E-state index >= 15 is 0 Å². The zero-order chi connectivity index (χ0) is 15.8. The van der Waals surface area contributed by atoms with Crippen molar-refractivity contribution in [2.45, 2.75) is 18.7 Å². The van der Waals surface area contributed by atoms with Crippen LogP contribution in [0.25, 0.3) is 0 Å². The quantitative estimate of drug-likeness (QED) is 0.655. The third kappa shape index (κ3) is 3.34. The number of rotatable bonds is 4. The van der Waals surface area contributed by atoms with E-state index in [1.807, 2.05) is 0 Å². The molecular formula is C12H12ClN3O3S2. The van der Waals surface area contributed by atoms with E-state index in [4.69, 9.17) is 17.3 Å². The van der Waals surface area contributed by atoms with Gasteiger partial charge < -0.3 is 5.73 Å². The van der Waals surface area contributed by atoms with E-state index in [9.17, 15) is 13.2 Å². The number of halogens is 1. The third-order valence-corrected chi connectivity index (χ3v) is 5.35. The van der Waals surface area contributed by atoms with Gasteiger partial charge in [-0.2, -0.15) is 0 Å². The summed E-state index contributed by atoms with van der Waals surface area (Å²) in [6.07, 6.45) is 0. The van der Waals surface area contributed by atoms with E-state index in [2.05, 4.69) is 9.71 Å². The number of sulfonamides is 1. The lowest BCUT2D eigenvalue weighted by molar-refractivity contribution is 0.101. The molecule has 21 heavy (non-hydrogen) atoms. The average Bonchev–Trinajstić information content (AvgIpc) is 2.83. The summed E-state index contributed by atoms with van der Waals surface area (Å²) in [5, 5.41) is 1.85. The molecule has 0 aliphatic rings. The van der Waals surface area contributed by atoms with Crippen LogP contribution in [0.4, 0.5) is 10.8 Å². The minimum Gasteiger partial charge on any atom is -0.398 e. The van der Waals surface area contributed by atoms with Gasteiger partial charge >= 0.3 is 0 Å². The maximum atomic E-state index is 12.3. The first-order chi connectivity index (χ1) is 9.70. The molecule has 0 saturated carbocycles. The van der Waals surface area contributed by atoms with Gasteiger partial charge in [-0.05, 0) is 24.6 Å². The number of carbonyl (C=O) groups is 1. The molecule has 2 aromatic rings. The monoisotopic (exact) mass is 345 g/mol. The smallest absolute Gasteiger partial charge is 0.263 e. The number of nitrogens with zero attached hydrogens (tertiary/aromatic N) is 1.